The summed E-state index contributed by atoms with van der Waals surface area (Å²) in [6.07, 6.45) is 16.9. The molecule has 0 aromatic rings. The van der Waals surface area contributed by atoms with Crippen LogP contribution in [0.1, 0.15) is 122 Å². The van der Waals surface area contributed by atoms with E-state index in [1.165, 1.54) is 38.5 Å². The predicted octanol–water partition coefficient (Wildman–Crippen LogP) is 5.48. The standard InChI is InChI=1S/C37H52O7/c38-31(33-10-23-4-24(11-33)15-35(40,14-23)19-33)2-1-29-30(44-37(43-29)27-6-21-3-22(8-27)9-28(37)7-21)18-42-32(39)34-12-25-5-26(13-34)17-36(41,16-25)20-34/h21-30,40-41H,1-20H2. The van der Waals surface area contributed by atoms with Crippen molar-refractivity contribution < 1.29 is 34.0 Å². The highest BCUT2D eigenvalue weighted by molar-refractivity contribution is 5.85. The summed E-state index contributed by atoms with van der Waals surface area (Å²) in [4.78, 5) is 27.9. The van der Waals surface area contributed by atoms with Crippen LogP contribution >= 0.6 is 0 Å². The van der Waals surface area contributed by atoms with E-state index >= 15 is 0 Å². The van der Waals surface area contributed by atoms with E-state index in [1.807, 2.05) is 0 Å². The van der Waals surface area contributed by atoms with E-state index in [0.717, 1.165) is 69.6 Å². The Kier molecular flexibility index (Phi) is 5.80. The van der Waals surface area contributed by atoms with Gasteiger partial charge in [-0.05, 0) is 151 Å². The Morgan fingerprint density at radius 2 is 1.09 bits per heavy atom. The van der Waals surface area contributed by atoms with Crippen LogP contribution in [0.3, 0.4) is 0 Å². The molecule has 12 aliphatic carbocycles. The number of rotatable bonds is 7. The number of carbonyl (C=O) groups excluding carboxylic acids is 2. The number of hydrogen-bond acceptors (Lipinski definition) is 7. The Balaban J connectivity index is 0.874. The second-order valence-corrected chi connectivity index (χ2v) is 18.8. The molecule has 0 aromatic carbocycles. The molecule has 13 rings (SSSR count). The number of esters is 1. The molecule has 1 aliphatic heterocycles. The van der Waals surface area contributed by atoms with Crippen molar-refractivity contribution in [2.45, 2.75) is 151 Å². The first kappa shape index (κ1) is 28.0. The second-order valence-electron chi connectivity index (χ2n) is 18.8. The number of hydrogen-bond donors (Lipinski definition) is 2. The van der Waals surface area contributed by atoms with E-state index in [2.05, 4.69) is 0 Å². The first-order chi connectivity index (χ1) is 21.0. The van der Waals surface area contributed by atoms with Gasteiger partial charge in [-0.25, -0.2) is 0 Å². The molecule has 7 heteroatoms. The molecule has 12 saturated carbocycles. The van der Waals surface area contributed by atoms with Crippen LogP contribution in [0.5, 0.6) is 0 Å². The molecule has 6 unspecified atom stereocenters. The highest BCUT2D eigenvalue weighted by Crippen LogP contribution is 2.65. The summed E-state index contributed by atoms with van der Waals surface area (Å²) >= 11 is 0. The number of carbonyl (C=O) groups is 2. The van der Waals surface area contributed by atoms with Crippen LogP contribution < -0.4 is 0 Å². The van der Waals surface area contributed by atoms with Crippen LogP contribution in [-0.4, -0.2) is 57.8 Å². The molecule has 6 atom stereocenters. The molecule has 0 radical (unpaired) electrons. The van der Waals surface area contributed by atoms with Gasteiger partial charge in [-0.3, -0.25) is 9.59 Å². The monoisotopic (exact) mass is 608 g/mol. The zero-order chi connectivity index (χ0) is 29.7. The van der Waals surface area contributed by atoms with E-state index in [0.29, 0.717) is 67.0 Å². The normalized spacial score (nSPS) is 58.8. The van der Waals surface area contributed by atoms with Crippen molar-refractivity contribution in [3.63, 3.8) is 0 Å². The van der Waals surface area contributed by atoms with Crippen molar-refractivity contribution in [1.82, 2.24) is 0 Å². The fourth-order valence-electron chi connectivity index (χ4n) is 15.1. The zero-order valence-electron chi connectivity index (χ0n) is 26.4. The minimum absolute atomic E-state index is 0.142. The zero-order valence-corrected chi connectivity index (χ0v) is 26.4. The Bertz CT molecular complexity index is 1120. The Morgan fingerprint density at radius 3 is 1.64 bits per heavy atom. The van der Waals surface area contributed by atoms with Gasteiger partial charge >= 0.3 is 5.97 Å². The smallest absolute Gasteiger partial charge is 0.312 e. The van der Waals surface area contributed by atoms with Crippen LogP contribution in [0.25, 0.3) is 0 Å². The quantitative estimate of drug-likeness (QED) is 0.369. The average Bonchev–Trinajstić information content (AvgIpc) is 3.29. The largest absolute Gasteiger partial charge is 0.462 e. The van der Waals surface area contributed by atoms with Crippen molar-refractivity contribution in [3.8, 4) is 0 Å². The molecule has 0 amide bonds. The van der Waals surface area contributed by atoms with E-state index in [1.54, 1.807) is 0 Å². The topological polar surface area (TPSA) is 102 Å². The van der Waals surface area contributed by atoms with Gasteiger partial charge in [-0.15, -0.1) is 0 Å². The molecule has 7 nitrogen and oxygen atoms in total. The summed E-state index contributed by atoms with van der Waals surface area (Å²) in [7, 11) is 0. The molecule has 1 heterocycles. The Hall–Kier alpha value is -1.02. The predicted molar refractivity (Wildman–Crippen MR) is 159 cm³/mol. The van der Waals surface area contributed by atoms with Crippen molar-refractivity contribution in [1.29, 1.82) is 0 Å². The number of aliphatic hydroxyl groups is 2. The van der Waals surface area contributed by atoms with Gasteiger partial charge in [-0.1, -0.05) is 0 Å². The lowest BCUT2D eigenvalue weighted by Crippen LogP contribution is -2.59. The molecule has 1 spiro atoms. The SMILES string of the molecule is O=C(CCC1OC2(OC1COC(=O)C13CC4CC(CC(O)(C4)C1)C3)C1CC3CC(C1)CC2C3)C12CC3CC(CC(O)(C3)C1)C2. The van der Waals surface area contributed by atoms with Gasteiger partial charge < -0.3 is 24.4 Å². The fraction of sp³-hybridized carbons (Fsp3) is 0.946. The molecule has 13 fully saturated rings. The molecule has 0 aromatic heterocycles. The third-order valence-electron chi connectivity index (χ3n) is 15.5. The van der Waals surface area contributed by atoms with Gasteiger partial charge in [0.05, 0.1) is 22.7 Å². The molecule has 1 saturated heterocycles. The van der Waals surface area contributed by atoms with Gasteiger partial charge in [0.25, 0.3) is 0 Å². The third kappa shape index (κ3) is 4.06. The maximum atomic E-state index is 14.1. The summed E-state index contributed by atoms with van der Waals surface area (Å²) in [6, 6.07) is 0. The maximum absolute atomic E-state index is 14.1. The van der Waals surface area contributed by atoms with E-state index in [4.69, 9.17) is 14.2 Å². The maximum Gasteiger partial charge on any atom is 0.312 e. The summed E-state index contributed by atoms with van der Waals surface area (Å²) < 4.78 is 20.3. The van der Waals surface area contributed by atoms with Gasteiger partial charge in [0, 0.05) is 23.7 Å². The summed E-state index contributed by atoms with van der Waals surface area (Å²) in [5.41, 5.74) is -2.26. The van der Waals surface area contributed by atoms with Gasteiger partial charge in [0.2, 0.25) is 0 Å². The Labute approximate surface area is 261 Å². The first-order valence-electron chi connectivity index (χ1n) is 18.5. The highest BCUT2D eigenvalue weighted by Gasteiger charge is 2.66. The number of ether oxygens (including phenoxy) is 3. The van der Waals surface area contributed by atoms with E-state index in [-0.39, 0.29) is 30.2 Å². The molecule has 13 aliphatic rings. The first-order valence-corrected chi connectivity index (χ1v) is 18.5. The van der Waals surface area contributed by atoms with Crippen molar-refractivity contribution in [2.75, 3.05) is 6.61 Å². The molecule has 242 valence electrons. The highest BCUT2D eigenvalue weighted by atomic mass is 16.8. The van der Waals surface area contributed by atoms with E-state index < -0.39 is 22.4 Å². The average molecular weight is 609 g/mol. The molecule has 12 bridgehead atoms. The van der Waals surface area contributed by atoms with E-state index in [9.17, 15) is 19.8 Å². The minimum atomic E-state index is -0.701. The van der Waals surface area contributed by atoms with Gasteiger partial charge in [0.1, 0.15) is 18.5 Å². The van der Waals surface area contributed by atoms with Crippen LogP contribution in [0.4, 0.5) is 0 Å². The Morgan fingerprint density at radius 1 is 0.614 bits per heavy atom. The van der Waals surface area contributed by atoms with Crippen LogP contribution in [-0.2, 0) is 23.8 Å². The summed E-state index contributed by atoms with van der Waals surface area (Å²) in [5, 5.41) is 22.5. The van der Waals surface area contributed by atoms with Gasteiger partial charge in [0.15, 0.2) is 5.79 Å². The van der Waals surface area contributed by atoms with Crippen molar-refractivity contribution in [3.05, 3.63) is 0 Å². The van der Waals surface area contributed by atoms with Crippen molar-refractivity contribution >= 4 is 11.8 Å². The lowest BCUT2D eigenvalue weighted by molar-refractivity contribution is -0.300. The molecule has 2 N–H and O–H groups in total. The lowest BCUT2D eigenvalue weighted by Gasteiger charge is -2.59. The number of ketones is 1. The molecular weight excluding hydrogens is 556 g/mol. The van der Waals surface area contributed by atoms with Crippen LogP contribution in [0, 0.1) is 58.2 Å². The third-order valence-corrected chi connectivity index (χ3v) is 15.5. The molecular formula is C37H52O7. The minimum Gasteiger partial charge on any atom is -0.462 e. The summed E-state index contributed by atoms with van der Waals surface area (Å²) in [6.45, 7) is 0.177. The van der Waals surface area contributed by atoms with Crippen molar-refractivity contribution in [2.24, 2.45) is 58.2 Å². The van der Waals surface area contributed by atoms with Crippen LogP contribution in [0.15, 0.2) is 0 Å². The second kappa shape index (κ2) is 9.11. The van der Waals surface area contributed by atoms with Crippen LogP contribution in [0.2, 0.25) is 0 Å². The number of Topliss-reactive ketones (excluding diaryl/α,β-unsaturated/α-hetero) is 1. The summed E-state index contributed by atoms with van der Waals surface area (Å²) in [5.74, 6) is 3.78. The fourth-order valence-corrected chi connectivity index (χ4v) is 15.1. The molecule has 44 heavy (non-hydrogen) atoms. The van der Waals surface area contributed by atoms with Gasteiger partial charge in [-0.2, -0.15) is 0 Å². The lowest BCUT2D eigenvalue weighted by atomic mass is 9.46.